The summed E-state index contributed by atoms with van der Waals surface area (Å²) in [5.74, 6) is 3.26. The van der Waals surface area contributed by atoms with E-state index >= 15 is 0 Å². The lowest BCUT2D eigenvalue weighted by Crippen LogP contribution is -2.53. The Morgan fingerprint density at radius 1 is 1.05 bits per heavy atom. The van der Waals surface area contributed by atoms with Crippen LogP contribution in [0, 0.1) is 0 Å². The molecule has 1 fully saturated rings. The first kappa shape index (κ1) is 28.2. The summed E-state index contributed by atoms with van der Waals surface area (Å²) in [5, 5.41) is 0. The monoisotopic (exact) mass is 526 g/mol. The number of rotatable bonds is 15. The fraction of sp³-hybridized carbons (Fsp3) is 0.567. The molecular formula is C30H42N2O6. The molecule has 0 amide bonds. The van der Waals surface area contributed by atoms with Crippen LogP contribution in [-0.4, -0.2) is 76.0 Å². The molecule has 2 atom stereocenters. The van der Waals surface area contributed by atoms with Crippen molar-refractivity contribution in [2.45, 2.75) is 56.5 Å². The number of fused-ring (bicyclic) bond motifs is 1. The smallest absolute Gasteiger partial charge is 0.161 e. The molecule has 2 aliphatic heterocycles. The molecule has 2 N–H and O–H groups in total. The fourth-order valence-electron chi connectivity index (χ4n) is 5.43. The third-order valence-electron chi connectivity index (χ3n) is 7.38. The number of likely N-dealkylation sites (tertiary alicyclic amines) is 1. The summed E-state index contributed by atoms with van der Waals surface area (Å²) in [6, 6.07) is 13.9. The second kappa shape index (κ2) is 13.8. The number of ether oxygens (including phenoxy) is 5. The van der Waals surface area contributed by atoms with Gasteiger partial charge < -0.3 is 29.4 Å². The Bertz CT molecular complexity index is 1030. The molecule has 0 radical (unpaired) electrons. The van der Waals surface area contributed by atoms with E-state index in [0.29, 0.717) is 51.7 Å². The highest BCUT2D eigenvalue weighted by molar-refractivity contribution is 5.78. The zero-order valence-electron chi connectivity index (χ0n) is 22.8. The number of Topliss-reactive ketones (excluding diaryl/α,β-unsaturated/α-hetero) is 1. The van der Waals surface area contributed by atoms with Crippen molar-refractivity contribution in [3.05, 3.63) is 48.0 Å². The number of methoxy groups -OCH3 is 2. The van der Waals surface area contributed by atoms with Gasteiger partial charge in [-0.3, -0.25) is 9.69 Å². The van der Waals surface area contributed by atoms with Crippen molar-refractivity contribution in [1.82, 2.24) is 4.90 Å². The third kappa shape index (κ3) is 8.09. The van der Waals surface area contributed by atoms with Crippen molar-refractivity contribution in [3.8, 4) is 23.0 Å². The Hall–Kier alpha value is -2.81. The quantitative estimate of drug-likeness (QED) is 0.372. The summed E-state index contributed by atoms with van der Waals surface area (Å²) in [4.78, 5) is 15.1. The molecule has 208 valence electrons. The highest BCUT2D eigenvalue weighted by Crippen LogP contribution is 2.33. The van der Waals surface area contributed by atoms with Crippen LogP contribution in [0.3, 0.4) is 0 Å². The van der Waals surface area contributed by atoms with Crippen LogP contribution >= 0.6 is 0 Å². The predicted octanol–water partition coefficient (Wildman–Crippen LogP) is 4.03. The van der Waals surface area contributed by atoms with Crippen LogP contribution in [0.25, 0.3) is 0 Å². The molecule has 2 aliphatic rings. The highest BCUT2D eigenvalue weighted by atomic mass is 16.6. The van der Waals surface area contributed by atoms with Crippen molar-refractivity contribution in [3.63, 3.8) is 0 Å². The van der Waals surface area contributed by atoms with Gasteiger partial charge in [0, 0.05) is 38.1 Å². The SMILES string of the molecule is COCC1CCCN1CC(N)(CCCC(=O)CCOc1ccc(OC)cc1)Cc1ccc2c(c1)OCCO2. The molecule has 2 aromatic carbocycles. The van der Waals surface area contributed by atoms with Gasteiger partial charge in [0.1, 0.15) is 30.5 Å². The molecule has 0 bridgehead atoms. The number of nitrogens with zero attached hydrogens (tertiary/aromatic N) is 1. The molecule has 8 heteroatoms. The second-order valence-electron chi connectivity index (χ2n) is 10.4. The molecule has 0 spiro atoms. The van der Waals surface area contributed by atoms with Gasteiger partial charge in [0.2, 0.25) is 0 Å². The summed E-state index contributed by atoms with van der Waals surface area (Å²) in [7, 11) is 3.38. The standard InChI is InChI=1S/C30H42N2O6/c1-34-21-24-5-4-15-32(24)22-30(31,20-23-7-12-28-29(19-23)38-18-17-37-28)14-3-6-25(33)13-16-36-27-10-8-26(35-2)9-11-27/h7-12,19,24H,3-6,13-18,20-22,31H2,1-2H3. The number of nitrogens with two attached hydrogens (primary N) is 1. The number of benzene rings is 2. The molecule has 2 aromatic rings. The Morgan fingerprint density at radius 2 is 1.82 bits per heavy atom. The average Bonchev–Trinajstić information content (AvgIpc) is 3.35. The summed E-state index contributed by atoms with van der Waals surface area (Å²) in [6.07, 6.45) is 5.35. The summed E-state index contributed by atoms with van der Waals surface area (Å²) >= 11 is 0. The van der Waals surface area contributed by atoms with Crippen LogP contribution in [-0.2, 0) is 16.0 Å². The Morgan fingerprint density at radius 3 is 2.58 bits per heavy atom. The van der Waals surface area contributed by atoms with Gasteiger partial charge in [-0.25, -0.2) is 0 Å². The minimum Gasteiger partial charge on any atom is -0.497 e. The summed E-state index contributed by atoms with van der Waals surface area (Å²) in [6.45, 7) is 4.00. The number of carbonyl (C=O) groups is 1. The molecule has 2 heterocycles. The first-order valence-electron chi connectivity index (χ1n) is 13.7. The van der Waals surface area contributed by atoms with Gasteiger partial charge in [-0.15, -0.1) is 0 Å². The van der Waals surface area contributed by atoms with Crippen LogP contribution < -0.4 is 24.7 Å². The zero-order chi connectivity index (χ0) is 26.8. The normalized spacial score (nSPS) is 18.7. The average molecular weight is 527 g/mol. The molecule has 0 aromatic heterocycles. The Kier molecular flexibility index (Phi) is 10.3. The number of hydrogen-bond donors (Lipinski definition) is 1. The largest absolute Gasteiger partial charge is 0.497 e. The lowest BCUT2D eigenvalue weighted by molar-refractivity contribution is -0.119. The maximum atomic E-state index is 12.6. The van der Waals surface area contributed by atoms with Crippen LogP contribution in [0.5, 0.6) is 23.0 Å². The van der Waals surface area contributed by atoms with Gasteiger partial charge >= 0.3 is 0 Å². The Balaban J connectivity index is 1.32. The van der Waals surface area contributed by atoms with Crippen LogP contribution in [0.4, 0.5) is 0 Å². The third-order valence-corrected chi connectivity index (χ3v) is 7.38. The minimum absolute atomic E-state index is 0.193. The molecule has 1 saturated heterocycles. The maximum Gasteiger partial charge on any atom is 0.161 e. The molecule has 4 rings (SSSR count). The number of ketones is 1. The van der Waals surface area contributed by atoms with Crippen LogP contribution in [0.15, 0.2) is 42.5 Å². The maximum absolute atomic E-state index is 12.6. The summed E-state index contributed by atoms with van der Waals surface area (Å²) < 4.78 is 27.8. The molecule has 0 saturated carbocycles. The molecule has 38 heavy (non-hydrogen) atoms. The van der Waals surface area contributed by atoms with E-state index in [4.69, 9.17) is 29.4 Å². The lowest BCUT2D eigenvalue weighted by atomic mass is 9.85. The summed E-state index contributed by atoms with van der Waals surface area (Å²) in [5.41, 5.74) is 7.78. The van der Waals surface area contributed by atoms with Crippen molar-refractivity contribution in [1.29, 1.82) is 0 Å². The second-order valence-corrected chi connectivity index (χ2v) is 10.4. The van der Waals surface area contributed by atoms with Crippen LogP contribution in [0.2, 0.25) is 0 Å². The molecular weight excluding hydrogens is 484 g/mol. The van der Waals surface area contributed by atoms with E-state index in [1.54, 1.807) is 14.2 Å². The van der Waals surface area contributed by atoms with Crippen LogP contribution in [0.1, 0.15) is 44.1 Å². The van der Waals surface area contributed by atoms with Crippen molar-refractivity contribution in [2.75, 3.05) is 53.7 Å². The first-order valence-corrected chi connectivity index (χ1v) is 13.7. The predicted molar refractivity (Wildman–Crippen MR) is 146 cm³/mol. The highest BCUT2D eigenvalue weighted by Gasteiger charge is 2.34. The molecule has 8 nitrogen and oxygen atoms in total. The van der Waals surface area contributed by atoms with Crippen molar-refractivity contribution < 1.29 is 28.5 Å². The van der Waals surface area contributed by atoms with Gasteiger partial charge in [0.25, 0.3) is 0 Å². The molecule has 2 unspecified atom stereocenters. The Labute approximate surface area is 226 Å². The topological polar surface area (TPSA) is 92.5 Å². The number of carbonyl (C=O) groups excluding carboxylic acids is 1. The van der Waals surface area contributed by atoms with E-state index in [2.05, 4.69) is 11.0 Å². The van der Waals surface area contributed by atoms with Gasteiger partial charge in [-0.2, -0.15) is 0 Å². The molecule has 0 aliphatic carbocycles. The fourth-order valence-corrected chi connectivity index (χ4v) is 5.43. The van der Waals surface area contributed by atoms with Crippen molar-refractivity contribution in [2.24, 2.45) is 5.73 Å². The number of hydrogen-bond acceptors (Lipinski definition) is 8. The van der Waals surface area contributed by atoms with E-state index in [9.17, 15) is 4.79 Å². The van der Waals surface area contributed by atoms with Gasteiger partial charge in [0.05, 0.1) is 20.3 Å². The van der Waals surface area contributed by atoms with Crippen molar-refractivity contribution >= 4 is 5.78 Å². The van der Waals surface area contributed by atoms with Gasteiger partial charge in [-0.05, 0) is 80.6 Å². The van der Waals surface area contributed by atoms with Gasteiger partial charge in [-0.1, -0.05) is 6.07 Å². The minimum atomic E-state index is -0.472. The lowest BCUT2D eigenvalue weighted by Gasteiger charge is -2.37. The zero-order valence-corrected chi connectivity index (χ0v) is 22.8. The first-order chi connectivity index (χ1) is 18.5. The van der Waals surface area contributed by atoms with E-state index < -0.39 is 5.54 Å². The van der Waals surface area contributed by atoms with E-state index in [-0.39, 0.29) is 5.78 Å². The van der Waals surface area contributed by atoms with E-state index in [1.165, 1.54) is 0 Å². The van der Waals surface area contributed by atoms with E-state index in [1.807, 2.05) is 36.4 Å². The van der Waals surface area contributed by atoms with Gasteiger partial charge in [0.15, 0.2) is 11.5 Å². The van der Waals surface area contributed by atoms with E-state index in [0.717, 1.165) is 67.3 Å².